The summed E-state index contributed by atoms with van der Waals surface area (Å²) in [5, 5.41) is 24.7. The highest BCUT2D eigenvalue weighted by molar-refractivity contribution is 6.10. The Morgan fingerprint density at radius 1 is 0.396 bits per heavy atom. The van der Waals surface area contributed by atoms with Crippen molar-refractivity contribution < 1.29 is 0 Å². The van der Waals surface area contributed by atoms with Gasteiger partial charge in [-0.05, 0) is 71.3 Å². The average Bonchev–Trinajstić information content (AvgIpc) is 3.67. The molecule has 0 aliphatic carbocycles. The molecule has 9 rings (SSSR count). The maximum atomic E-state index is 10.5. The Labute approximate surface area is 277 Å². The summed E-state index contributed by atoms with van der Waals surface area (Å²) in [5.74, 6) is 0. The van der Waals surface area contributed by atoms with Crippen LogP contribution in [-0.4, -0.2) is 9.13 Å². The second-order valence-electron chi connectivity index (χ2n) is 12.0. The van der Waals surface area contributed by atoms with Gasteiger partial charge < -0.3 is 9.13 Å². The summed E-state index contributed by atoms with van der Waals surface area (Å²) in [7, 11) is 0. The van der Waals surface area contributed by atoms with Gasteiger partial charge >= 0.3 is 0 Å². The van der Waals surface area contributed by atoms with Crippen LogP contribution in [0, 0.1) is 22.7 Å². The highest BCUT2D eigenvalue weighted by Crippen LogP contribution is 2.38. The second-order valence-corrected chi connectivity index (χ2v) is 12.0. The molecule has 0 saturated heterocycles. The van der Waals surface area contributed by atoms with Crippen LogP contribution in [0.1, 0.15) is 11.1 Å². The SMILES string of the molecule is N#Cc1ccc2c3ccccc3n(-c3ccc(-c4cccc(-c5ccccc5-n5c6ccccc6c6ccccc65)c4)c(C#N)c3)c2c1. The minimum absolute atomic E-state index is 0.586. The molecule has 0 saturated carbocycles. The van der Waals surface area contributed by atoms with Crippen molar-refractivity contribution in [1.29, 1.82) is 10.5 Å². The van der Waals surface area contributed by atoms with Crippen molar-refractivity contribution in [2.24, 2.45) is 0 Å². The zero-order chi connectivity index (χ0) is 32.2. The van der Waals surface area contributed by atoms with E-state index in [1.54, 1.807) is 0 Å². The van der Waals surface area contributed by atoms with E-state index >= 15 is 0 Å². The lowest BCUT2D eigenvalue weighted by atomic mass is 9.95. The summed E-state index contributed by atoms with van der Waals surface area (Å²) in [6, 6.07) is 58.9. The standard InChI is InChI=1S/C44H26N4/c45-27-29-20-22-39-38-15-2-6-17-41(38)47(44(39)24-29)33-21-23-34(32(26-33)28-46)30-10-9-11-31(25-30)35-12-1-5-16-40(35)48-42-18-7-3-13-36(42)37-14-4-8-19-43(37)48/h1-26H. The molecule has 0 fully saturated rings. The zero-order valence-electron chi connectivity index (χ0n) is 25.8. The van der Waals surface area contributed by atoms with Gasteiger partial charge in [-0.3, -0.25) is 0 Å². The first-order valence-electron chi connectivity index (χ1n) is 15.9. The number of para-hydroxylation sites is 4. The quantitative estimate of drug-likeness (QED) is 0.199. The fourth-order valence-electron chi connectivity index (χ4n) is 7.28. The number of nitriles is 2. The van der Waals surface area contributed by atoms with Crippen LogP contribution in [0.4, 0.5) is 0 Å². The number of aromatic nitrogens is 2. The molecule has 0 radical (unpaired) electrons. The Kier molecular flexibility index (Phi) is 6.22. The molecule has 0 spiro atoms. The third-order valence-electron chi connectivity index (χ3n) is 9.39. The molecule has 7 aromatic carbocycles. The molecule has 0 atom stereocenters. The van der Waals surface area contributed by atoms with Crippen molar-refractivity contribution in [2.75, 3.05) is 0 Å². The van der Waals surface area contributed by atoms with Gasteiger partial charge in [-0.15, -0.1) is 0 Å². The summed E-state index contributed by atoms with van der Waals surface area (Å²) in [6.45, 7) is 0. The Balaban J connectivity index is 1.19. The number of hydrogen-bond acceptors (Lipinski definition) is 2. The van der Waals surface area contributed by atoms with Crippen LogP contribution in [0.15, 0.2) is 158 Å². The fourth-order valence-corrected chi connectivity index (χ4v) is 7.28. The smallest absolute Gasteiger partial charge is 0.0998 e. The Bertz CT molecular complexity index is 2760. The molecule has 222 valence electrons. The number of nitrogens with zero attached hydrogens (tertiary/aromatic N) is 4. The van der Waals surface area contributed by atoms with Crippen LogP contribution >= 0.6 is 0 Å². The molecular formula is C44H26N4. The van der Waals surface area contributed by atoms with E-state index in [0.717, 1.165) is 66.5 Å². The molecule has 4 nitrogen and oxygen atoms in total. The first-order valence-corrected chi connectivity index (χ1v) is 15.9. The van der Waals surface area contributed by atoms with Crippen molar-refractivity contribution in [3.05, 3.63) is 169 Å². The van der Waals surface area contributed by atoms with Crippen molar-refractivity contribution in [3.8, 4) is 45.8 Å². The largest absolute Gasteiger partial charge is 0.309 e. The topological polar surface area (TPSA) is 57.4 Å². The van der Waals surface area contributed by atoms with E-state index in [9.17, 15) is 10.5 Å². The van der Waals surface area contributed by atoms with Crippen molar-refractivity contribution in [1.82, 2.24) is 9.13 Å². The molecule has 48 heavy (non-hydrogen) atoms. The normalized spacial score (nSPS) is 11.3. The first kappa shape index (κ1) is 27.4. The molecule has 0 unspecified atom stereocenters. The van der Waals surface area contributed by atoms with Crippen LogP contribution in [0.2, 0.25) is 0 Å². The van der Waals surface area contributed by atoms with E-state index in [0.29, 0.717) is 11.1 Å². The Morgan fingerprint density at radius 2 is 0.979 bits per heavy atom. The lowest BCUT2D eigenvalue weighted by Gasteiger charge is -2.15. The van der Waals surface area contributed by atoms with Gasteiger partial charge in [-0.1, -0.05) is 103 Å². The van der Waals surface area contributed by atoms with E-state index < -0.39 is 0 Å². The van der Waals surface area contributed by atoms with Gasteiger partial charge in [-0.25, -0.2) is 0 Å². The molecular weight excluding hydrogens is 585 g/mol. The summed E-state index contributed by atoms with van der Waals surface area (Å²) in [5.41, 5.74) is 11.5. The van der Waals surface area contributed by atoms with Gasteiger partial charge in [0.05, 0.1) is 51.0 Å². The van der Waals surface area contributed by atoms with E-state index in [1.807, 2.05) is 42.5 Å². The Morgan fingerprint density at radius 3 is 1.65 bits per heavy atom. The van der Waals surface area contributed by atoms with Gasteiger partial charge in [0, 0.05) is 32.8 Å². The molecule has 9 aromatic rings. The lowest BCUT2D eigenvalue weighted by Crippen LogP contribution is -1.98. The summed E-state index contributed by atoms with van der Waals surface area (Å²) < 4.78 is 4.50. The van der Waals surface area contributed by atoms with Crippen LogP contribution in [0.5, 0.6) is 0 Å². The third kappa shape index (κ3) is 4.14. The number of benzene rings is 7. The van der Waals surface area contributed by atoms with Gasteiger partial charge in [-0.2, -0.15) is 10.5 Å². The van der Waals surface area contributed by atoms with E-state index in [1.165, 1.54) is 10.8 Å². The second kappa shape index (κ2) is 10.9. The zero-order valence-corrected chi connectivity index (χ0v) is 25.8. The van der Waals surface area contributed by atoms with Crippen molar-refractivity contribution in [3.63, 3.8) is 0 Å². The molecule has 0 N–H and O–H groups in total. The van der Waals surface area contributed by atoms with Crippen LogP contribution in [-0.2, 0) is 0 Å². The average molecular weight is 611 g/mol. The Hall–Kier alpha value is -6.88. The van der Waals surface area contributed by atoms with Gasteiger partial charge in [0.15, 0.2) is 0 Å². The monoisotopic (exact) mass is 610 g/mol. The van der Waals surface area contributed by atoms with E-state index in [-0.39, 0.29) is 0 Å². The molecule has 0 aliphatic heterocycles. The predicted molar refractivity (Wildman–Crippen MR) is 195 cm³/mol. The van der Waals surface area contributed by atoms with Gasteiger partial charge in [0.25, 0.3) is 0 Å². The highest BCUT2D eigenvalue weighted by atomic mass is 15.0. The number of rotatable bonds is 4. The summed E-state index contributed by atoms with van der Waals surface area (Å²) in [4.78, 5) is 0. The molecule has 2 aromatic heterocycles. The fraction of sp³-hybridized carbons (Fsp3) is 0. The first-order chi connectivity index (χ1) is 23.7. The third-order valence-corrected chi connectivity index (χ3v) is 9.39. The van der Waals surface area contributed by atoms with Crippen LogP contribution in [0.3, 0.4) is 0 Å². The van der Waals surface area contributed by atoms with E-state index in [2.05, 4.69) is 137 Å². The minimum atomic E-state index is 0.586. The molecule has 0 aliphatic rings. The highest BCUT2D eigenvalue weighted by Gasteiger charge is 2.17. The van der Waals surface area contributed by atoms with E-state index in [4.69, 9.17) is 0 Å². The summed E-state index contributed by atoms with van der Waals surface area (Å²) >= 11 is 0. The van der Waals surface area contributed by atoms with Crippen molar-refractivity contribution >= 4 is 43.6 Å². The van der Waals surface area contributed by atoms with Gasteiger partial charge in [0.1, 0.15) is 0 Å². The molecule has 2 heterocycles. The lowest BCUT2D eigenvalue weighted by molar-refractivity contribution is 1.18. The maximum Gasteiger partial charge on any atom is 0.0998 e. The van der Waals surface area contributed by atoms with Crippen LogP contribution < -0.4 is 0 Å². The van der Waals surface area contributed by atoms with Crippen molar-refractivity contribution in [2.45, 2.75) is 0 Å². The predicted octanol–water partition coefficient (Wildman–Crippen LogP) is 11.0. The van der Waals surface area contributed by atoms with Gasteiger partial charge in [0.2, 0.25) is 0 Å². The van der Waals surface area contributed by atoms with Crippen LogP contribution in [0.25, 0.3) is 77.2 Å². The number of fused-ring (bicyclic) bond motifs is 6. The minimum Gasteiger partial charge on any atom is -0.309 e. The summed E-state index contributed by atoms with van der Waals surface area (Å²) in [6.07, 6.45) is 0. The maximum absolute atomic E-state index is 10.5. The molecule has 4 heteroatoms. The molecule has 0 bridgehead atoms. The molecule has 0 amide bonds. The number of hydrogen-bond donors (Lipinski definition) is 0.